The molecule has 0 bridgehead atoms. The molecule has 1 amide bonds. The number of carbonyl (C=O) groups excluding carboxylic acids is 1. The van der Waals surface area contributed by atoms with E-state index in [4.69, 9.17) is 12.2 Å². The third kappa shape index (κ3) is 4.52. The summed E-state index contributed by atoms with van der Waals surface area (Å²) in [6.45, 7) is 4.16. The minimum Gasteiger partial charge on any atom is -0.506 e. The third-order valence-electron chi connectivity index (χ3n) is 3.76. The molecule has 0 saturated heterocycles. The van der Waals surface area contributed by atoms with Crippen molar-refractivity contribution in [3.8, 4) is 5.75 Å². The van der Waals surface area contributed by atoms with Gasteiger partial charge < -0.3 is 10.4 Å². The maximum absolute atomic E-state index is 13.2. The van der Waals surface area contributed by atoms with Crippen molar-refractivity contribution < 1.29 is 14.3 Å². The number of benzene rings is 2. The van der Waals surface area contributed by atoms with Gasteiger partial charge in [-0.15, -0.1) is 0 Å². The van der Waals surface area contributed by atoms with Gasteiger partial charge in [-0.05, 0) is 60.5 Å². The average Bonchev–Trinajstić information content (AvgIpc) is 2.56. The summed E-state index contributed by atoms with van der Waals surface area (Å²) in [6, 6.07) is 10.5. The van der Waals surface area contributed by atoms with Crippen molar-refractivity contribution in [1.29, 1.82) is 0 Å². The van der Waals surface area contributed by atoms with Gasteiger partial charge in [0, 0.05) is 5.56 Å². The molecule has 0 aliphatic heterocycles. The quantitative estimate of drug-likeness (QED) is 0.574. The van der Waals surface area contributed by atoms with Crippen LogP contribution in [-0.4, -0.2) is 16.1 Å². The first kappa shape index (κ1) is 17.9. The lowest BCUT2D eigenvalue weighted by molar-refractivity contribution is 0.0977. The van der Waals surface area contributed by atoms with Crippen molar-refractivity contribution in [2.24, 2.45) is 0 Å². The number of halogens is 1. The number of anilines is 1. The molecule has 0 radical (unpaired) electrons. The minimum absolute atomic E-state index is 0.0286. The van der Waals surface area contributed by atoms with Gasteiger partial charge in [-0.2, -0.15) is 0 Å². The number of thiocarbonyl (C=S) groups is 1. The zero-order chi connectivity index (χ0) is 17.7. The monoisotopic (exact) mass is 346 g/mol. The number of carbonyl (C=O) groups is 1. The van der Waals surface area contributed by atoms with Crippen molar-refractivity contribution in [3.63, 3.8) is 0 Å². The number of rotatable bonds is 4. The van der Waals surface area contributed by atoms with Crippen LogP contribution in [0.25, 0.3) is 0 Å². The largest absolute Gasteiger partial charge is 0.506 e. The molecule has 2 rings (SSSR count). The number of phenols is 1. The summed E-state index contributed by atoms with van der Waals surface area (Å²) < 4.78 is 13.2. The van der Waals surface area contributed by atoms with Gasteiger partial charge >= 0.3 is 0 Å². The Kier molecular flexibility index (Phi) is 5.87. The van der Waals surface area contributed by atoms with Crippen molar-refractivity contribution in [2.45, 2.75) is 26.2 Å². The normalized spacial score (nSPS) is 11.6. The highest BCUT2D eigenvalue weighted by Gasteiger charge is 2.12. The van der Waals surface area contributed by atoms with E-state index in [0.29, 0.717) is 11.6 Å². The summed E-state index contributed by atoms with van der Waals surface area (Å²) >= 11 is 5.09. The van der Waals surface area contributed by atoms with E-state index in [9.17, 15) is 14.3 Å². The molecule has 2 aromatic carbocycles. The van der Waals surface area contributed by atoms with E-state index in [1.807, 2.05) is 6.07 Å². The Hall–Kier alpha value is -2.47. The molecule has 0 aromatic heterocycles. The summed E-state index contributed by atoms with van der Waals surface area (Å²) in [5, 5.41) is 15.2. The van der Waals surface area contributed by atoms with Crippen molar-refractivity contribution in [3.05, 3.63) is 59.4 Å². The Morgan fingerprint density at radius 3 is 2.71 bits per heavy atom. The second-order valence-corrected chi connectivity index (χ2v) is 5.91. The number of hydrogen-bond donors (Lipinski definition) is 3. The molecule has 0 unspecified atom stereocenters. The molecule has 0 saturated carbocycles. The average molecular weight is 346 g/mol. The van der Waals surface area contributed by atoms with Gasteiger partial charge in [0.05, 0.1) is 5.69 Å². The highest BCUT2D eigenvalue weighted by Crippen LogP contribution is 2.29. The third-order valence-corrected chi connectivity index (χ3v) is 3.97. The summed E-state index contributed by atoms with van der Waals surface area (Å²) in [6.07, 6.45) is 0.963. The number of amides is 1. The Labute approximate surface area is 145 Å². The summed E-state index contributed by atoms with van der Waals surface area (Å²) in [5.74, 6) is -0.656. The fourth-order valence-electron chi connectivity index (χ4n) is 2.15. The van der Waals surface area contributed by atoms with Crippen LogP contribution in [-0.2, 0) is 0 Å². The second-order valence-electron chi connectivity index (χ2n) is 5.50. The van der Waals surface area contributed by atoms with E-state index in [1.165, 1.54) is 18.2 Å². The Bertz CT molecular complexity index is 764. The van der Waals surface area contributed by atoms with Crippen LogP contribution in [0.5, 0.6) is 5.75 Å². The summed E-state index contributed by atoms with van der Waals surface area (Å²) in [5.41, 5.74) is 1.63. The molecular weight excluding hydrogens is 327 g/mol. The van der Waals surface area contributed by atoms with E-state index in [0.717, 1.165) is 18.1 Å². The number of nitrogens with one attached hydrogen (secondary N) is 2. The van der Waals surface area contributed by atoms with Crippen LogP contribution in [0.3, 0.4) is 0 Å². The van der Waals surface area contributed by atoms with Gasteiger partial charge in [0.25, 0.3) is 5.91 Å². The van der Waals surface area contributed by atoms with Crippen LogP contribution in [0.15, 0.2) is 42.5 Å². The molecule has 6 heteroatoms. The van der Waals surface area contributed by atoms with Crippen molar-refractivity contribution in [1.82, 2.24) is 5.32 Å². The number of phenolic OH excluding ortho intramolecular Hbond substituents is 1. The van der Waals surface area contributed by atoms with Gasteiger partial charge in [-0.1, -0.05) is 26.0 Å². The van der Waals surface area contributed by atoms with E-state index in [2.05, 4.69) is 24.5 Å². The Morgan fingerprint density at radius 1 is 1.29 bits per heavy atom. The van der Waals surface area contributed by atoms with E-state index >= 15 is 0 Å². The molecule has 1 atom stereocenters. The molecule has 0 fully saturated rings. The van der Waals surface area contributed by atoms with E-state index in [1.54, 1.807) is 12.1 Å². The number of hydrogen-bond acceptors (Lipinski definition) is 3. The predicted octanol–water partition coefficient (Wildman–Crippen LogP) is 4.17. The maximum Gasteiger partial charge on any atom is 0.257 e. The first-order valence-corrected chi connectivity index (χ1v) is 8.02. The highest BCUT2D eigenvalue weighted by atomic mass is 32.1. The fraction of sp³-hybridized carbons (Fsp3) is 0.222. The minimum atomic E-state index is -0.524. The van der Waals surface area contributed by atoms with Crippen molar-refractivity contribution >= 4 is 28.9 Å². The SMILES string of the molecule is CC[C@@H](C)c1ccc(O)c(NC(=S)NC(=O)c2cccc(F)c2)c1. The lowest BCUT2D eigenvalue weighted by Crippen LogP contribution is -2.34. The molecular formula is C18H19FN2O2S. The zero-order valence-electron chi connectivity index (χ0n) is 13.5. The van der Waals surface area contributed by atoms with Crippen LogP contribution in [0.2, 0.25) is 0 Å². The lowest BCUT2D eigenvalue weighted by Gasteiger charge is -2.14. The number of aromatic hydroxyl groups is 1. The molecule has 0 spiro atoms. The molecule has 2 aromatic rings. The van der Waals surface area contributed by atoms with Gasteiger partial charge in [0.1, 0.15) is 11.6 Å². The van der Waals surface area contributed by atoms with Gasteiger partial charge in [0.15, 0.2) is 5.11 Å². The Balaban J connectivity index is 2.08. The molecule has 0 aliphatic carbocycles. The second kappa shape index (κ2) is 7.88. The zero-order valence-corrected chi connectivity index (χ0v) is 14.3. The smallest absolute Gasteiger partial charge is 0.257 e. The first-order chi connectivity index (χ1) is 11.4. The standard InChI is InChI=1S/C18H19FN2O2S/c1-3-11(2)12-7-8-16(22)15(10-12)20-18(24)21-17(23)13-5-4-6-14(19)9-13/h4-11,22H,3H2,1-2H3,(H2,20,21,23,24)/t11-/m1/s1. The van der Waals surface area contributed by atoms with Gasteiger partial charge in [0.2, 0.25) is 0 Å². The van der Waals surface area contributed by atoms with Crippen molar-refractivity contribution in [2.75, 3.05) is 5.32 Å². The maximum atomic E-state index is 13.2. The lowest BCUT2D eigenvalue weighted by atomic mass is 9.98. The predicted molar refractivity (Wildman–Crippen MR) is 96.9 cm³/mol. The summed E-state index contributed by atoms with van der Waals surface area (Å²) in [4.78, 5) is 12.0. The highest BCUT2D eigenvalue weighted by molar-refractivity contribution is 7.80. The van der Waals surface area contributed by atoms with Gasteiger partial charge in [-0.3, -0.25) is 10.1 Å². The van der Waals surface area contributed by atoms with Crippen LogP contribution in [0, 0.1) is 5.82 Å². The van der Waals surface area contributed by atoms with E-state index in [-0.39, 0.29) is 16.4 Å². The van der Waals surface area contributed by atoms with Crippen LogP contribution in [0.1, 0.15) is 42.1 Å². The molecule has 3 N–H and O–H groups in total. The first-order valence-electron chi connectivity index (χ1n) is 7.61. The topological polar surface area (TPSA) is 61.4 Å². The van der Waals surface area contributed by atoms with E-state index < -0.39 is 11.7 Å². The molecule has 126 valence electrons. The van der Waals surface area contributed by atoms with Crippen LogP contribution in [0.4, 0.5) is 10.1 Å². The Morgan fingerprint density at radius 2 is 2.04 bits per heavy atom. The fourth-order valence-corrected chi connectivity index (χ4v) is 2.36. The molecule has 24 heavy (non-hydrogen) atoms. The molecule has 0 aliphatic rings. The molecule has 4 nitrogen and oxygen atoms in total. The van der Waals surface area contributed by atoms with Gasteiger partial charge in [-0.25, -0.2) is 4.39 Å². The van der Waals surface area contributed by atoms with Crippen LogP contribution >= 0.6 is 12.2 Å². The molecule has 0 heterocycles. The summed E-state index contributed by atoms with van der Waals surface area (Å²) in [7, 11) is 0. The van der Waals surface area contributed by atoms with Crippen LogP contribution < -0.4 is 10.6 Å².